The van der Waals surface area contributed by atoms with Crippen LogP contribution in [0.15, 0.2) is 12.1 Å². The fourth-order valence-electron chi connectivity index (χ4n) is 1.37. The summed E-state index contributed by atoms with van der Waals surface area (Å²) in [6.45, 7) is 8.54. The van der Waals surface area contributed by atoms with Crippen molar-refractivity contribution in [2.24, 2.45) is 5.92 Å². The second-order valence-corrected chi connectivity index (χ2v) is 4.48. The van der Waals surface area contributed by atoms with Crippen LogP contribution in [-0.2, 0) is 0 Å². The van der Waals surface area contributed by atoms with Gasteiger partial charge in [-0.3, -0.25) is 0 Å². The minimum absolute atomic E-state index is 0.236. The van der Waals surface area contributed by atoms with Crippen molar-refractivity contribution in [3.05, 3.63) is 17.9 Å². The lowest BCUT2D eigenvalue weighted by Crippen LogP contribution is -2.22. The fraction of sp³-hybridized carbons (Fsp3) is 0.538. The van der Waals surface area contributed by atoms with Crippen molar-refractivity contribution in [1.82, 2.24) is 0 Å². The molecule has 1 aromatic carbocycles. The van der Waals surface area contributed by atoms with Crippen LogP contribution in [0.2, 0.25) is 0 Å². The average Bonchev–Trinajstić information content (AvgIpc) is 2.24. The smallest absolute Gasteiger partial charge is 0.167 e. The lowest BCUT2D eigenvalue weighted by Gasteiger charge is -2.20. The Kier molecular flexibility index (Phi) is 4.61. The molecule has 1 atom stereocenters. The van der Waals surface area contributed by atoms with Crippen LogP contribution >= 0.6 is 0 Å². The van der Waals surface area contributed by atoms with E-state index >= 15 is 0 Å². The molecule has 0 aliphatic heterocycles. The van der Waals surface area contributed by atoms with Gasteiger partial charge in [-0.15, -0.1) is 0 Å². The summed E-state index contributed by atoms with van der Waals surface area (Å²) in [7, 11) is 0. The van der Waals surface area contributed by atoms with E-state index in [2.05, 4.69) is 26.1 Å². The molecule has 0 fully saturated rings. The molecule has 1 rings (SSSR count). The number of nitrogens with two attached hydrogens (primary N) is 1. The van der Waals surface area contributed by atoms with Gasteiger partial charge in [-0.05, 0) is 19.8 Å². The first-order chi connectivity index (χ1) is 7.95. The summed E-state index contributed by atoms with van der Waals surface area (Å²) in [6, 6.07) is 3.17. The van der Waals surface area contributed by atoms with Crippen molar-refractivity contribution in [3.8, 4) is 5.75 Å². The minimum Gasteiger partial charge on any atom is -0.491 e. The standard InChI is InChI=1S/C13H21FN2O/c1-5-17-13-7-12(11(15)6-10(13)14)16-9(4)8(2)3/h6-9,16H,5,15H2,1-4H3. The van der Waals surface area contributed by atoms with Crippen molar-refractivity contribution in [3.63, 3.8) is 0 Å². The Hall–Kier alpha value is -1.45. The number of ether oxygens (including phenoxy) is 1. The van der Waals surface area contributed by atoms with E-state index in [4.69, 9.17) is 10.5 Å². The van der Waals surface area contributed by atoms with Crippen LogP contribution in [-0.4, -0.2) is 12.6 Å². The molecule has 1 unspecified atom stereocenters. The topological polar surface area (TPSA) is 47.3 Å². The van der Waals surface area contributed by atoms with Crippen LogP contribution in [0.4, 0.5) is 15.8 Å². The molecule has 0 aromatic heterocycles. The van der Waals surface area contributed by atoms with Crippen molar-refractivity contribution in [2.45, 2.75) is 33.7 Å². The molecule has 96 valence electrons. The molecule has 0 bridgehead atoms. The van der Waals surface area contributed by atoms with E-state index in [1.165, 1.54) is 6.07 Å². The summed E-state index contributed by atoms with van der Waals surface area (Å²) in [5.41, 5.74) is 6.90. The summed E-state index contributed by atoms with van der Waals surface area (Å²) >= 11 is 0. The van der Waals surface area contributed by atoms with E-state index in [-0.39, 0.29) is 11.8 Å². The predicted molar refractivity (Wildman–Crippen MR) is 69.9 cm³/mol. The average molecular weight is 240 g/mol. The summed E-state index contributed by atoms with van der Waals surface area (Å²) in [4.78, 5) is 0. The van der Waals surface area contributed by atoms with Gasteiger partial charge in [0, 0.05) is 18.2 Å². The molecule has 0 radical (unpaired) electrons. The molecule has 0 saturated carbocycles. The highest BCUT2D eigenvalue weighted by Crippen LogP contribution is 2.29. The van der Waals surface area contributed by atoms with Gasteiger partial charge in [0.2, 0.25) is 0 Å². The Bertz CT molecular complexity index is 380. The second-order valence-electron chi connectivity index (χ2n) is 4.48. The molecule has 0 aliphatic rings. The van der Waals surface area contributed by atoms with E-state index in [9.17, 15) is 4.39 Å². The molecule has 4 heteroatoms. The Balaban J connectivity index is 2.95. The Morgan fingerprint density at radius 1 is 1.35 bits per heavy atom. The van der Waals surface area contributed by atoms with Gasteiger partial charge in [0.15, 0.2) is 11.6 Å². The van der Waals surface area contributed by atoms with Crippen molar-refractivity contribution in [2.75, 3.05) is 17.7 Å². The van der Waals surface area contributed by atoms with E-state index in [0.29, 0.717) is 18.2 Å². The monoisotopic (exact) mass is 240 g/mol. The first kappa shape index (κ1) is 13.6. The molecule has 0 amide bonds. The first-order valence-electron chi connectivity index (χ1n) is 5.94. The molecular formula is C13H21FN2O. The molecule has 3 N–H and O–H groups in total. The normalized spacial score (nSPS) is 12.6. The molecule has 0 spiro atoms. The summed E-state index contributed by atoms with van der Waals surface area (Å²) in [5.74, 6) is 0.280. The number of anilines is 2. The van der Waals surface area contributed by atoms with Gasteiger partial charge >= 0.3 is 0 Å². The third kappa shape index (κ3) is 3.51. The Morgan fingerprint density at radius 3 is 2.53 bits per heavy atom. The van der Waals surface area contributed by atoms with Gasteiger partial charge in [0.1, 0.15) is 0 Å². The van der Waals surface area contributed by atoms with E-state index in [1.807, 2.05) is 6.92 Å². The lowest BCUT2D eigenvalue weighted by atomic mass is 10.1. The maximum Gasteiger partial charge on any atom is 0.167 e. The number of halogens is 1. The van der Waals surface area contributed by atoms with Crippen LogP contribution in [0.3, 0.4) is 0 Å². The third-order valence-corrected chi connectivity index (χ3v) is 2.79. The van der Waals surface area contributed by atoms with Crippen LogP contribution in [0.25, 0.3) is 0 Å². The van der Waals surface area contributed by atoms with Gasteiger partial charge in [-0.2, -0.15) is 0 Å². The minimum atomic E-state index is -0.424. The maximum absolute atomic E-state index is 13.5. The van der Waals surface area contributed by atoms with E-state index in [0.717, 1.165) is 5.69 Å². The molecule has 1 aromatic rings. The SMILES string of the molecule is CCOc1cc(NC(C)C(C)C)c(N)cc1F. The van der Waals surface area contributed by atoms with Crippen LogP contribution < -0.4 is 15.8 Å². The van der Waals surface area contributed by atoms with Gasteiger partial charge < -0.3 is 15.8 Å². The summed E-state index contributed by atoms with van der Waals surface area (Å²) in [6.07, 6.45) is 0. The van der Waals surface area contributed by atoms with Gasteiger partial charge in [-0.1, -0.05) is 13.8 Å². The van der Waals surface area contributed by atoms with Gasteiger partial charge in [0.25, 0.3) is 0 Å². The zero-order chi connectivity index (χ0) is 13.0. The molecule has 0 aliphatic carbocycles. The molecule has 3 nitrogen and oxygen atoms in total. The van der Waals surface area contributed by atoms with Crippen molar-refractivity contribution >= 4 is 11.4 Å². The van der Waals surface area contributed by atoms with E-state index < -0.39 is 5.82 Å². The highest BCUT2D eigenvalue weighted by atomic mass is 19.1. The number of hydrogen-bond acceptors (Lipinski definition) is 3. The molecule has 0 saturated heterocycles. The molecule has 17 heavy (non-hydrogen) atoms. The van der Waals surface area contributed by atoms with Crippen molar-refractivity contribution in [1.29, 1.82) is 0 Å². The van der Waals surface area contributed by atoms with Crippen LogP contribution in [0, 0.1) is 11.7 Å². The molecule has 0 heterocycles. The third-order valence-electron chi connectivity index (χ3n) is 2.79. The highest BCUT2D eigenvalue weighted by Gasteiger charge is 2.12. The Labute approximate surface area is 102 Å². The van der Waals surface area contributed by atoms with Crippen LogP contribution in [0.1, 0.15) is 27.7 Å². The fourth-order valence-corrected chi connectivity index (χ4v) is 1.37. The van der Waals surface area contributed by atoms with Gasteiger partial charge in [-0.25, -0.2) is 4.39 Å². The first-order valence-corrected chi connectivity index (χ1v) is 5.94. The zero-order valence-corrected chi connectivity index (χ0v) is 10.9. The number of nitrogen functional groups attached to an aromatic ring is 1. The van der Waals surface area contributed by atoms with Gasteiger partial charge in [0.05, 0.1) is 18.0 Å². The lowest BCUT2D eigenvalue weighted by molar-refractivity contribution is 0.322. The molecular weight excluding hydrogens is 219 g/mol. The largest absolute Gasteiger partial charge is 0.491 e. The quantitative estimate of drug-likeness (QED) is 0.776. The summed E-state index contributed by atoms with van der Waals surface area (Å²) < 4.78 is 18.7. The number of rotatable bonds is 5. The number of benzene rings is 1. The summed E-state index contributed by atoms with van der Waals surface area (Å²) in [5, 5.41) is 3.26. The zero-order valence-electron chi connectivity index (χ0n) is 10.9. The highest BCUT2D eigenvalue weighted by molar-refractivity contribution is 5.69. The number of hydrogen-bond donors (Lipinski definition) is 2. The number of nitrogens with one attached hydrogen (secondary N) is 1. The van der Waals surface area contributed by atoms with Crippen LogP contribution in [0.5, 0.6) is 5.75 Å². The predicted octanol–water partition coefficient (Wildman–Crippen LogP) is 3.26. The maximum atomic E-state index is 13.5. The van der Waals surface area contributed by atoms with E-state index in [1.54, 1.807) is 6.07 Å². The second kappa shape index (κ2) is 5.75. The van der Waals surface area contributed by atoms with Crippen molar-refractivity contribution < 1.29 is 9.13 Å². The Morgan fingerprint density at radius 2 is 2.00 bits per heavy atom.